The molecule has 0 unspecified atom stereocenters. The van der Waals surface area contributed by atoms with Crippen LogP contribution in [0.4, 0.5) is 0 Å². The molecule has 4 heteroatoms. The first-order valence-corrected chi connectivity index (χ1v) is 8.46. The van der Waals surface area contributed by atoms with Crippen LogP contribution in [0.25, 0.3) is 0 Å². The van der Waals surface area contributed by atoms with Crippen LogP contribution in [0.1, 0.15) is 10.4 Å². The predicted molar refractivity (Wildman–Crippen MR) is 88.3 cm³/mol. The van der Waals surface area contributed by atoms with Gasteiger partial charge in [-0.15, -0.1) is 11.3 Å². The summed E-state index contributed by atoms with van der Waals surface area (Å²) in [5, 5.41) is 5.56. The van der Waals surface area contributed by atoms with Crippen molar-refractivity contribution in [2.24, 2.45) is 0 Å². The Balaban J connectivity index is 1.67. The average Bonchev–Trinajstić information content (AvgIpc) is 3.04. The van der Waals surface area contributed by atoms with E-state index in [9.17, 15) is 0 Å². The molecule has 110 valence electrons. The van der Waals surface area contributed by atoms with Crippen molar-refractivity contribution in [3.05, 3.63) is 58.3 Å². The Morgan fingerprint density at radius 1 is 1.14 bits per heavy atom. The first kappa shape index (κ1) is 14.3. The molecular weight excluding hydrogens is 278 g/mol. The van der Waals surface area contributed by atoms with Gasteiger partial charge in [0.2, 0.25) is 0 Å². The highest BCUT2D eigenvalue weighted by Crippen LogP contribution is 2.06. The molecule has 3 rings (SSSR count). The number of piperazine rings is 1. The summed E-state index contributed by atoms with van der Waals surface area (Å²) < 4.78 is 2.48. The van der Waals surface area contributed by atoms with Gasteiger partial charge in [-0.25, -0.2) is 0 Å². The molecule has 1 aromatic carbocycles. The third-order valence-corrected chi connectivity index (χ3v) is 4.95. The molecule has 21 heavy (non-hydrogen) atoms. The van der Waals surface area contributed by atoms with Crippen LogP contribution >= 0.6 is 11.3 Å². The Morgan fingerprint density at radius 3 is 2.52 bits per heavy atom. The van der Waals surface area contributed by atoms with Crippen LogP contribution in [0, 0.1) is 0 Å². The Bertz CT molecular complexity index is 580. The van der Waals surface area contributed by atoms with Crippen molar-refractivity contribution in [2.45, 2.75) is 6.54 Å². The van der Waals surface area contributed by atoms with Crippen LogP contribution in [0.2, 0.25) is 0 Å². The number of hydrogen-bond acceptors (Lipinski definition) is 1. The highest BCUT2D eigenvalue weighted by Gasteiger charge is 2.23. The Hall–Kier alpha value is -1.65. The summed E-state index contributed by atoms with van der Waals surface area (Å²) in [5.41, 5.74) is 1.28. The normalized spacial score (nSPS) is 18.5. The topological polar surface area (TPSA) is 19.5 Å². The lowest BCUT2D eigenvalue weighted by molar-refractivity contribution is -0.943. The van der Waals surface area contributed by atoms with Gasteiger partial charge in [0.1, 0.15) is 32.7 Å². The van der Waals surface area contributed by atoms with Crippen LogP contribution in [0.3, 0.4) is 0 Å². The molecule has 2 N–H and O–H groups in total. The summed E-state index contributed by atoms with van der Waals surface area (Å²) in [6, 6.07) is 15.0. The zero-order valence-corrected chi connectivity index (χ0v) is 13.3. The first-order chi connectivity index (χ1) is 10.4. The smallest absolute Gasteiger partial charge is 0.277 e. The predicted octanol–water partition coefficient (Wildman–Crippen LogP) is 0.825. The van der Waals surface area contributed by atoms with Gasteiger partial charge in [-0.3, -0.25) is 9.89 Å². The van der Waals surface area contributed by atoms with Gasteiger partial charge in [0.25, 0.3) is 5.84 Å². The van der Waals surface area contributed by atoms with E-state index in [1.807, 2.05) is 18.4 Å². The fraction of sp³-hybridized carbons (Fsp3) is 0.353. The third-order valence-electron chi connectivity index (χ3n) is 4.08. The molecule has 0 radical (unpaired) electrons. The average molecular weight is 301 g/mol. The van der Waals surface area contributed by atoms with Crippen molar-refractivity contribution >= 4 is 17.2 Å². The van der Waals surface area contributed by atoms with Crippen molar-refractivity contribution in [3.63, 3.8) is 0 Å². The fourth-order valence-electron chi connectivity index (χ4n) is 2.96. The van der Waals surface area contributed by atoms with Crippen molar-refractivity contribution in [3.8, 4) is 0 Å². The van der Waals surface area contributed by atoms with Gasteiger partial charge in [0.15, 0.2) is 0 Å². The SMILES string of the molecule is CNC(c1ccccc1)=[N+]1CC[NH+](Cc2cccs2)CC1. The first-order valence-electron chi connectivity index (χ1n) is 7.58. The Labute approximate surface area is 130 Å². The molecule has 0 spiro atoms. The zero-order valence-electron chi connectivity index (χ0n) is 12.5. The van der Waals surface area contributed by atoms with E-state index < -0.39 is 0 Å². The number of hydrogen-bond donors (Lipinski definition) is 2. The minimum Gasteiger partial charge on any atom is -0.324 e. The monoisotopic (exact) mass is 301 g/mol. The molecule has 0 amide bonds. The van der Waals surface area contributed by atoms with Gasteiger partial charge in [-0.05, 0) is 23.6 Å². The summed E-state index contributed by atoms with van der Waals surface area (Å²) in [4.78, 5) is 3.19. The highest BCUT2D eigenvalue weighted by molar-refractivity contribution is 7.09. The second-order valence-electron chi connectivity index (χ2n) is 5.46. The van der Waals surface area contributed by atoms with E-state index in [4.69, 9.17) is 0 Å². The minimum atomic E-state index is 1.12. The molecule has 0 bridgehead atoms. The molecule has 0 aliphatic carbocycles. The number of amidine groups is 1. The molecule has 1 aliphatic heterocycles. The second-order valence-corrected chi connectivity index (χ2v) is 6.49. The lowest BCUT2D eigenvalue weighted by atomic mass is 10.2. The van der Waals surface area contributed by atoms with Crippen molar-refractivity contribution in [1.29, 1.82) is 0 Å². The van der Waals surface area contributed by atoms with E-state index in [-0.39, 0.29) is 0 Å². The minimum absolute atomic E-state index is 1.12. The molecule has 1 aliphatic rings. The summed E-state index contributed by atoms with van der Waals surface area (Å²) in [5.74, 6) is 1.26. The zero-order chi connectivity index (χ0) is 14.5. The molecule has 0 saturated carbocycles. The molecular formula is C17H23N3S+2. The summed E-state index contributed by atoms with van der Waals surface area (Å²) in [7, 11) is 2.02. The summed E-state index contributed by atoms with van der Waals surface area (Å²) >= 11 is 1.87. The van der Waals surface area contributed by atoms with Crippen molar-refractivity contribution in [2.75, 3.05) is 33.2 Å². The fourth-order valence-corrected chi connectivity index (χ4v) is 3.74. The largest absolute Gasteiger partial charge is 0.324 e. The summed E-state index contributed by atoms with van der Waals surface area (Å²) in [6.45, 7) is 5.81. The van der Waals surface area contributed by atoms with Gasteiger partial charge in [-0.2, -0.15) is 0 Å². The van der Waals surface area contributed by atoms with E-state index in [1.54, 1.807) is 4.90 Å². The van der Waals surface area contributed by atoms with Crippen LogP contribution in [0.5, 0.6) is 0 Å². The highest BCUT2D eigenvalue weighted by atomic mass is 32.1. The van der Waals surface area contributed by atoms with Crippen LogP contribution < -0.4 is 10.2 Å². The second kappa shape index (κ2) is 6.87. The maximum atomic E-state index is 3.38. The van der Waals surface area contributed by atoms with Crippen molar-refractivity contribution in [1.82, 2.24) is 5.32 Å². The lowest BCUT2D eigenvalue weighted by Crippen LogP contribution is -3.13. The van der Waals surface area contributed by atoms with Gasteiger partial charge >= 0.3 is 0 Å². The standard InChI is InChI=1S/C17H21N3S/c1-18-17(15-6-3-2-4-7-15)20-11-9-19(10-12-20)14-16-8-5-13-21-16/h2-8,13H,9-12,14H2,1H3/p+2. The quantitative estimate of drug-likeness (QED) is 0.635. The van der Waals surface area contributed by atoms with E-state index in [0.717, 1.165) is 13.1 Å². The summed E-state index contributed by atoms with van der Waals surface area (Å²) in [6.07, 6.45) is 0. The molecule has 1 aromatic heterocycles. The van der Waals surface area contributed by atoms with Crippen molar-refractivity contribution < 1.29 is 9.48 Å². The number of rotatable bonds is 3. The molecule has 3 nitrogen and oxygen atoms in total. The number of nitrogens with zero attached hydrogens (tertiary/aromatic N) is 1. The number of quaternary nitrogens is 1. The number of nitrogens with one attached hydrogen (secondary N) is 2. The van der Waals surface area contributed by atoms with Gasteiger partial charge in [0.05, 0.1) is 17.5 Å². The van der Waals surface area contributed by atoms with E-state index in [2.05, 4.69) is 57.7 Å². The molecule has 1 saturated heterocycles. The third kappa shape index (κ3) is 3.52. The molecule has 0 atom stereocenters. The van der Waals surface area contributed by atoms with E-state index in [0.29, 0.717) is 0 Å². The maximum Gasteiger partial charge on any atom is 0.277 e. The number of benzene rings is 1. The van der Waals surface area contributed by atoms with Crippen LogP contribution in [-0.2, 0) is 6.54 Å². The van der Waals surface area contributed by atoms with Gasteiger partial charge < -0.3 is 4.90 Å². The Morgan fingerprint density at radius 2 is 1.90 bits per heavy atom. The van der Waals surface area contributed by atoms with Crippen LogP contribution in [-0.4, -0.2) is 43.6 Å². The molecule has 2 aromatic rings. The molecule has 2 heterocycles. The van der Waals surface area contributed by atoms with Gasteiger partial charge in [0, 0.05) is 0 Å². The van der Waals surface area contributed by atoms with Gasteiger partial charge in [-0.1, -0.05) is 24.3 Å². The van der Waals surface area contributed by atoms with E-state index >= 15 is 0 Å². The maximum absolute atomic E-state index is 3.38. The molecule has 1 fully saturated rings. The lowest BCUT2D eigenvalue weighted by Gasteiger charge is -2.25. The van der Waals surface area contributed by atoms with E-state index in [1.165, 1.54) is 35.9 Å². The van der Waals surface area contributed by atoms with Crippen LogP contribution in [0.15, 0.2) is 47.8 Å². The Kier molecular flexibility index (Phi) is 4.68. The number of thiophene rings is 1.